The van der Waals surface area contributed by atoms with Crippen LogP contribution in [0.3, 0.4) is 0 Å². The number of aromatic nitrogens is 1. The number of aryl methyl sites for hydroxylation is 3. The molecule has 1 aliphatic carbocycles. The van der Waals surface area contributed by atoms with E-state index in [1.807, 2.05) is 6.92 Å². The molecule has 0 atom stereocenters. The van der Waals surface area contributed by atoms with Gasteiger partial charge in [-0.1, -0.05) is 32.6 Å². The first kappa shape index (κ1) is 19.7. The van der Waals surface area contributed by atoms with Crippen molar-refractivity contribution in [2.45, 2.75) is 78.2 Å². The third-order valence-corrected chi connectivity index (χ3v) is 5.82. The number of benzene rings is 1. The van der Waals surface area contributed by atoms with E-state index in [-0.39, 0.29) is 0 Å². The van der Waals surface area contributed by atoms with Crippen molar-refractivity contribution in [3.05, 3.63) is 53.6 Å². The van der Waals surface area contributed by atoms with Gasteiger partial charge in [0.05, 0.1) is 5.69 Å². The van der Waals surface area contributed by atoms with E-state index in [1.54, 1.807) is 0 Å². The lowest BCUT2D eigenvalue weighted by Gasteiger charge is -2.28. The summed E-state index contributed by atoms with van der Waals surface area (Å²) in [6.07, 6.45) is 9.27. The molecular weight excluding hydrogens is 332 g/mol. The highest BCUT2D eigenvalue weighted by atomic mass is 16.4. The number of nitrogens with one attached hydrogen (secondary N) is 1. The molecule has 146 valence electrons. The first-order valence-corrected chi connectivity index (χ1v) is 10.5. The second-order valence-corrected chi connectivity index (χ2v) is 8.13. The number of allylic oxidation sites excluding steroid dienone is 1. The van der Waals surface area contributed by atoms with Crippen molar-refractivity contribution in [1.82, 2.24) is 10.3 Å². The Morgan fingerprint density at radius 2 is 1.89 bits per heavy atom. The lowest BCUT2D eigenvalue weighted by atomic mass is 9.87. The Morgan fingerprint density at radius 1 is 1.19 bits per heavy atom. The first-order valence-electron chi connectivity index (χ1n) is 10.5. The number of hydrogen-bond donors (Lipinski definition) is 1. The molecule has 1 N–H and O–H groups in total. The molecule has 3 nitrogen and oxygen atoms in total. The molecule has 0 aliphatic heterocycles. The van der Waals surface area contributed by atoms with Crippen molar-refractivity contribution in [1.29, 1.82) is 0 Å². The Kier molecular flexibility index (Phi) is 6.76. The van der Waals surface area contributed by atoms with Gasteiger partial charge in [0.15, 0.2) is 0 Å². The smallest absolute Gasteiger partial charge is 0.226 e. The topological polar surface area (TPSA) is 38.1 Å². The molecule has 0 saturated heterocycles. The Bertz CT molecular complexity index is 736. The van der Waals surface area contributed by atoms with E-state index in [1.165, 1.54) is 36.9 Å². The van der Waals surface area contributed by atoms with Gasteiger partial charge in [-0.2, -0.15) is 0 Å². The lowest BCUT2D eigenvalue weighted by molar-refractivity contribution is 0.319. The highest BCUT2D eigenvalue weighted by molar-refractivity contribution is 5.54. The minimum atomic E-state index is 0.625. The highest BCUT2D eigenvalue weighted by Gasteiger charge is 2.18. The zero-order valence-corrected chi connectivity index (χ0v) is 17.2. The molecule has 3 heteroatoms. The average Bonchev–Trinajstić information content (AvgIpc) is 3.04. The number of nitrogens with zero attached hydrogens (tertiary/aromatic N) is 1. The largest absolute Gasteiger partial charge is 0.441 e. The fraction of sp³-hybridized carbons (Fsp3) is 0.542. The van der Waals surface area contributed by atoms with Gasteiger partial charge in [0.25, 0.3) is 0 Å². The monoisotopic (exact) mass is 366 g/mol. The second-order valence-electron chi connectivity index (χ2n) is 8.13. The van der Waals surface area contributed by atoms with Crippen molar-refractivity contribution in [2.24, 2.45) is 5.92 Å². The van der Waals surface area contributed by atoms with Crippen LogP contribution in [0.5, 0.6) is 0 Å². The van der Waals surface area contributed by atoms with E-state index < -0.39 is 0 Å². The Morgan fingerprint density at radius 3 is 2.56 bits per heavy atom. The third-order valence-electron chi connectivity index (χ3n) is 5.82. The van der Waals surface area contributed by atoms with Crippen LogP contribution >= 0.6 is 0 Å². The standard InChI is InChI=1S/C24H34N2O/c1-5-20-11-13-21(14-12-20)24-26-23(19(4)27-24)8-6-7-18(3)25-22-15-9-17(2)10-16-22/h11-14,17,22,25H,3,5-10,15-16H2,1-2,4H3. The highest BCUT2D eigenvalue weighted by Crippen LogP contribution is 2.25. The number of rotatable bonds is 8. The van der Waals surface area contributed by atoms with E-state index in [2.05, 4.69) is 50.0 Å². The summed E-state index contributed by atoms with van der Waals surface area (Å²) in [4.78, 5) is 4.74. The first-order chi connectivity index (χ1) is 13.0. The maximum Gasteiger partial charge on any atom is 0.226 e. The van der Waals surface area contributed by atoms with Crippen LogP contribution in [0.2, 0.25) is 0 Å². The predicted octanol–water partition coefficient (Wildman–Crippen LogP) is 6.22. The molecule has 0 amide bonds. The molecular formula is C24H34N2O. The summed E-state index contributed by atoms with van der Waals surface area (Å²) >= 11 is 0. The molecule has 1 saturated carbocycles. The van der Waals surface area contributed by atoms with Crippen LogP contribution in [0.25, 0.3) is 11.5 Å². The van der Waals surface area contributed by atoms with Gasteiger partial charge in [0.1, 0.15) is 5.76 Å². The summed E-state index contributed by atoms with van der Waals surface area (Å²) in [5, 5.41) is 3.64. The fourth-order valence-electron chi connectivity index (χ4n) is 3.90. The summed E-state index contributed by atoms with van der Waals surface area (Å²) in [6, 6.07) is 9.13. The normalized spacial score (nSPS) is 19.8. The molecule has 1 aromatic carbocycles. The minimum absolute atomic E-state index is 0.625. The lowest BCUT2D eigenvalue weighted by Crippen LogP contribution is -2.31. The average molecular weight is 367 g/mol. The van der Waals surface area contributed by atoms with Crippen molar-refractivity contribution < 1.29 is 4.42 Å². The van der Waals surface area contributed by atoms with Crippen LogP contribution in [0.1, 0.15) is 69.4 Å². The summed E-state index contributed by atoms with van der Waals surface area (Å²) in [6.45, 7) is 10.8. The van der Waals surface area contributed by atoms with Gasteiger partial charge in [-0.15, -0.1) is 0 Å². The van der Waals surface area contributed by atoms with E-state index in [0.29, 0.717) is 6.04 Å². The van der Waals surface area contributed by atoms with Crippen molar-refractivity contribution in [3.8, 4) is 11.5 Å². The molecule has 1 fully saturated rings. The Balaban J connectivity index is 1.48. The number of oxazole rings is 1. The van der Waals surface area contributed by atoms with Gasteiger partial charge in [0, 0.05) is 17.3 Å². The van der Waals surface area contributed by atoms with Crippen LogP contribution in [0.15, 0.2) is 41.0 Å². The van der Waals surface area contributed by atoms with Gasteiger partial charge in [0.2, 0.25) is 5.89 Å². The molecule has 0 bridgehead atoms. The molecule has 3 rings (SSSR count). The SMILES string of the molecule is C=C(CCCc1nc(-c2ccc(CC)cc2)oc1C)NC1CCC(C)CC1. The van der Waals surface area contributed by atoms with Crippen molar-refractivity contribution >= 4 is 0 Å². The van der Waals surface area contributed by atoms with E-state index in [9.17, 15) is 0 Å². The second kappa shape index (κ2) is 9.25. The van der Waals surface area contributed by atoms with Gasteiger partial charge in [-0.25, -0.2) is 4.98 Å². The molecule has 2 aromatic rings. The van der Waals surface area contributed by atoms with Crippen LogP contribution in [0.4, 0.5) is 0 Å². The molecule has 1 aromatic heterocycles. The maximum absolute atomic E-state index is 5.91. The maximum atomic E-state index is 5.91. The van der Waals surface area contributed by atoms with Crippen LogP contribution in [-0.4, -0.2) is 11.0 Å². The molecule has 27 heavy (non-hydrogen) atoms. The Hall–Kier alpha value is -2.03. The zero-order chi connectivity index (χ0) is 19.2. The van der Waals surface area contributed by atoms with Crippen molar-refractivity contribution in [3.63, 3.8) is 0 Å². The Labute approximate surface area is 164 Å². The van der Waals surface area contributed by atoms with E-state index >= 15 is 0 Å². The molecule has 0 unspecified atom stereocenters. The summed E-state index contributed by atoms with van der Waals surface area (Å²) in [7, 11) is 0. The van der Waals surface area contributed by atoms with E-state index in [0.717, 1.165) is 54.5 Å². The van der Waals surface area contributed by atoms with Crippen LogP contribution in [0, 0.1) is 12.8 Å². The van der Waals surface area contributed by atoms with Gasteiger partial charge < -0.3 is 9.73 Å². The van der Waals surface area contributed by atoms with Gasteiger partial charge in [-0.05, 0) is 81.9 Å². The fourth-order valence-corrected chi connectivity index (χ4v) is 3.90. The van der Waals surface area contributed by atoms with Crippen molar-refractivity contribution in [2.75, 3.05) is 0 Å². The summed E-state index contributed by atoms with van der Waals surface area (Å²) in [5.41, 5.74) is 4.63. The summed E-state index contributed by atoms with van der Waals surface area (Å²) in [5.74, 6) is 2.56. The summed E-state index contributed by atoms with van der Waals surface area (Å²) < 4.78 is 5.91. The quantitative estimate of drug-likeness (QED) is 0.603. The molecule has 0 radical (unpaired) electrons. The third kappa shape index (κ3) is 5.47. The van der Waals surface area contributed by atoms with Gasteiger partial charge >= 0.3 is 0 Å². The number of hydrogen-bond acceptors (Lipinski definition) is 3. The van der Waals surface area contributed by atoms with Crippen LogP contribution in [-0.2, 0) is 12.8 Å². The molecule has 1 aliphatic rings. The van der Waals surface area contributed by atoms with E-state index in [4.69, 9.17) is 9.40 Å². The minimum Gasteiger partial charge on any atom is -0.441 e. The van der Waals surface area contributed by atoms with Gasteiger partial charge in [-0.3, -0.25) is 0 Å². The van der Waals surface area contributed by atoms with Crippen LogP contribution < -0.4 is 5.32 Å². The zero-order valence-electron chi connectivity index (χ0n) is 17.2. The molecule has 1 heterocycles. The molecule has 0 spiro atoms. The predicted molar refractivity (Wildman–Crippen MR) is 113 cm³/mol.